The van der Waals surface area contributed by atoms with Crippen molar-refractivity contribution >= 4 is 5.91 Å². The van der Waals surface area contributed by atoms with Crippen molar-refractivity contribution in [2.75, 3.05) is 13.2 Å². The fourth-order valence-electron chi connectivity index (χ4n) is 3.71. The monoisotopic (exact) mass is 452 g/mol. The second-order valence-electron chi connectivity index (χ2n) is 8.14. The van der Waals surface area contributed by atoms with Crippen molar-refractivity contribution in [3.8, 4) is 5.69 Å². The van der Waals surface area contributed by atoms with Crippen molar-refractivity contribution in [3.05, 3.63) is 91.5 Å². The number of amides is 1. The smallest absolute Gasteiger partial charge is 0.352 e. The maximum absolute atomic E-state index is 14.3. The van der Waals surface area contributed by atoms with Gasteiger partial charge < -0.3 is 10.1 Å². The largest absolute Gasteiger partial charge is 0.376 e. The van der Waals surface area contributed by atoms with E-state index < -0.39 is 28.7 Å². The van der Waals surface area contributed by atoms with Gasteiger partial charge in [0.2, 0.25) is 5.69 Å². The summed E-state index contributed by atoms with van der Waals surface area (Å²) in [5, 5.41) is 6.78. The summed E-state index contributed by atoms with van der Waals surface area (Å²) in [4.78, 5) is 39.2. The predicted octanol–water partition coefficient (Wildman–Crippen LogP) is 2.11. The molecule has 2 aromatic carbocycles. The molecule has 1 amide bonds. The minimum Gasteiger partial charge on any atom is -0.376 e. The number of ether oxygens (including phenoxy) is 1. The van der Waals surface area contributed by atoms with Crippen LogP contribution in [0.15, 0.2) is 52.1 Å². The lowest BCUT2D eigenvalue weighted by atomic mass is 10.1. The van der Waals surface area contributed by atoms with Crippen LogP contribution in [-0.4, -0.2) is 39.5 Å². The molecule has 0 unspecified atom stereocenters. The highest BCUT2D eigenvalue weighted by Crippen LogP contribution is 2.13. The fraction of sp³-hybridized carbons (Fsp3) is 0.333. The highest BCUT2D eigenvalue weighted by Gasteiger charge is 2.23. The average molecular weight is 452 g/mol. The van der Waals surface area contributed by atoms with Crippen molar-refractivity contribution in [3.63, 3.8) is 0 Å². The first-order valence-electron chi connectivity index (χ1n) is 10.8. The molecule has 0 saturated carbocycles. The molecule has 0 spiro atoms. The van der Waals surface area contributed by atoms with E-state index in [0.717, 1.165) is 33.2 Å². The molecule has 4 rings (SSSR count). The molecule has 172 valence electrons. The molecule has 0 aliphatic carbocycles. The molecule has 1 aromatic heterocycles. The van der Waals surface area contributed by atoms with Crippen LogP contribution in [0.1, 0.15) is 40.0 Å². The molecule has 9 heteroatoms. The highest BCUT2D eigenvalue weighted by molar-refractivity contribution is 5.91. The van der Waals surface area contributed by atoms with Gasteiger partial charge in [-0.25, -0.2) is 9.18 Å². The summed E-state index contributed by atoms with van der Waals surface area (Å²) >= 11 is 0. The number of hydrogen-bond donors (Lipinski definition) is 1. The highest BCUT2D eigenvalue weighted by atomic mass is 19.1. The van der Waals surface area contributed by atoms with E-state index in [9.17, 15) is 18.8 Å². The number of aromatic nitrogens is 3. The van der Waals surface area contributed by atoms with Gasteiger partial charge in [-0.2, -0.15) is 9.78 Å². The van der Waals surface area contributed by atoms with E-state index in [1.165, 1.54) is 18.2 Å². The first kappa shape index (κ1) is 22.6. The number of carbonyl (C=O) groups is 1. The number of nitrogens with one attached hydrogen (secondary N) is 1. The summed E-state index contributed by atoms with van der Waals surface area (Å²) in [5.41, 5.74) is 0.398. The molecule has 1 aliphatic rings. The predicted molar refractivity (Wildman–Crippen MR) is 120 cm³/mol. The Morgan fingerprint density at radius 3 is 2.67 bits per heavy atom. The zero-order valence-corrected chi connectivity index (χ0v) is 18.5. The summed E-state index contributed by atoms with van der Waals surface area (Å²) in [6, 6.07) is 11.1. The second-order valence-corrected chi connectivity index (χ2v) is 8.14. The number of carbonyl (C=O) groups excluding carboxylic acids is 1. The minimum absolute atomic E-state index is 0.125. The van der Waals surface area contributed by atoms with E-state index >= 15 is 0 Å². The molecular weight excluding hydrogens is 427 g/mol. The molecule has 0 radical (unpaired) electrons. The van der Waals surface area contributed by atoms with Crippen molar-refractivity contribution in [2.45, 2.75) is 39.3 Å². The third-order valence-corrected chi connectivity index (χ3v) is 5.81. The lowest BCUT2D eigenvalue weighted by Gasteiger charge is -2.14. The maximum atomic E-state index is 14.3. The van der Waals surface area contributed by atoms with Crippen molar-refractivity contribution < 1.29 is 13.9 Å². The normalized spacial score (nSPS) is 15.5. The van der Waals surface area contributed by atoms with Crippen LogP contribution < -0.4 is 16.6 Å². The topological polar surface area (TPSA) is 95.2 Å². The zero-order chi connectivity index (χ0) is 23.5. The van der Waals surface area contributed by atoms with Gasteiger partial charge >= 0.3 is 5.69 Å². The van der Waals surface area contributed by atoms with Crippen LogP contribution in [-0.2, 0) is 11.3 Å². The van der Waals surface area contributed by atoms with Gasteiger partial charge in [0.25, 0.3) is 11.5 Å². The van der Waals surface area contributed by atoms with Crippen molar-refractivity contribution in [2.24, 2.45) is 0 Å². The Hall–Kier alpha value is -3.59. The van der Waals surface area contributed by atoms with Gasteiger partial charge in [-0.1, -0.05) is 24.3 Å². The number of rotatable bonds is 6. The number of hydrogen-bond acceptors (Lipinski definition) is 5. The van der Waals surface area contributed by atoms with Crippen molar-refractivity contribution in [1.82, 2.24) is 19.7 Å². The Morgan fingerprint density at radius 1 is 1.18 bits per heavy atom. The van der Waals surface area contributed by atoms with Crippen molar-refractivity contribution in [1.29, 1.82) is 0 Å². The number of benzene rings is 2. The maximum Gasteiger partial charge on any atom is 0.352 e. The molecule has 2 heterocycles. The van der Waals surface area contributed by atoms with E-state index in [4.69, 9.17) is 4.74 Å². The zero-order valence-electron chi connectivity index (χ0n) is 18.5. The minimum atomic E-state index is -0.881. The Kier molecular flexibility index (Phi) is 6.50. The molecule has 1 fully saturated rings. The summed E-state index contributed by atoms with van der Waals surface area (Å²) < 4.78 is 21.6. The Labute approximate surface area is 189 Å². The summed E-state index contributed by atoms with van der Waals surface area (Å²) in [7, 11) is 0. The third-order valence-electron chi connectivity index (χ3n) is 5.81. The molecule has 1 N–H and O–H groups in total. The quantitative estimate of drug-likeness (QED) is 0.618. The summed E-state index contributed by atoms with van der Waals surface area (Å²) in [6.45, 7) is 4.35. The molecule has 1 saturated heterocycles. The van der Waals surface area contributed by atoms with E-state index in [1.54, 1.807) is 18.2 Å². The fourth-order valence-corrected chi connectivity index (χ4v) is 3.71. The van der Waals surface area contributed by atoms with Gasteiger partial charge in [-0.15, -0.1) is 0 Å². The molecule has 8 nitrogen and oxygen atoms in total. The Morgan fingerprint density at radius 2 is 1.97 bits per heavy atom. The van der Waals surface area contributed by atoms with Crippen LogP contribution in [0.3, 0.4) is 0 Å². The van der Waals surface area contributed by atoms with Gasteiger partial charge in [0, 0.05) is 18.7 Å². The molecule has 1 atom stereocenters. The second kappa shape index (κ2) is 9.50. The standard InChI is InChI=1S/C24H25FN4O4/c1-15-9-10-18(12-16(15)2)29-24(32)28(14-17-6-3-4-8-20(17)25)23(31)21(27-29)22(30)26-13-19-7-5-11-33-19/h3-4,6,8-10,12,19H,5,7,11,13-14H2,1-2H3,(H,26,30)/t19-/m1/s1. The van der Waals surface area contributed by atoms with E-state index in [0.29, 0.717) is 12.3 Å². The average Bonchev–Trinajstić information content (AvgIpc) is 3.32. The van der Waals surface area contributed by atoms with E-state index in [1.807, 2.05) is 19.9 Å². The molecule has 1 aliphatic heterocycles. The molecule has 33 heavy (non-hydrogen) atoms. The van der Waals surface area contributed by atoms with Gasteiger partial charge in [0.1, 0.15) is 5.82 Å². The van der Waals surface area contributed by atoms with Gasteiger partial charge in [0.05, 0.1) is 18.3 Å². The van der Waals surface area contributed by atoms with Gasteiger partial charge in [-0.05, 0) is 56.0 Å². The SMILES string of the molecule is Cc1ccc(-n2nc(C(=O)NC[C@H]3CCCO3)c(=O)n(Cc3ccccc3F)c2=O)cc1C. The Bertz CT molecular complexity index is 1310. The first-order chi connectivity index (χ1) is 15.8. The first-order valence-corrected chi connectivity index (χ1v) is 10.8. The van der Waals surface area contributed by atoms with Gasteiger partial charge in [-0.3, -0.25) is 14.2 Å². The van der Waals surface area contributed by atoms with Crippen LogP contribution in [0.25, 0.3) is 5.69 Å². The lowest BCUT2D eigenvalue weighted by molar-refractivity contribution is 0.0849. The third kappa shape index (κ3) is 4.78. The number of nitrogens with zero attached hydrogens (tertiary/aromatic N) is 3. The molecule has 0 bridgehead atoms. The summed E-state index contributed by atoms with van der Waals surface area (Å²) in [5.74, 6) is -1.27. The van der Waals surface area contributed by atoms with Crippen LogP contribution in [0.4, 0.5) is 4.39 Å². The molecule has 3 aromatic rings. The number of aryl methyl sites for hydroxylation is 2. The van der Waals surface area contributed by atoms with Crippen LogP contribution in [0.5, 0.6) is 0 Å². The van der Waals surface area contributed by atoms with E-state index in [2.05, 4.69) is 10.4 Å². The Balaban J connectivity index is 1.80. The van der Waals surface area contributed by atoms with Crippen LogP contribution in [0.2, 0.25) is 0 Å². The van der Waals surface area contributed by atoms with Crippen LogP contribution >= 0.6 is 0 Å². The molecular formula is C24H25FN4O4. The summed E-state index contributed by atoms with van der Waals surface area (Å²) in [6.07, 6.45) is 1.60. The lowest BCUT2D eigenvalue weighted by Crippen LogP contribution is -2.46. The van der Waals surface area contributed by atoms with Gasteiger partial charge in [0.15, 0.2) is 0 Å². The number of halogens is 1. The van der Waals surface area contributed by atoms with Crippen LogP contribution in [0, 0.1) is 19.7 Å². The van der Waals surface area contributed by atoms with E-state index in [-0.39, 0.29) is 24.8 Å².